The molecule has 2 saturated heterocycles. The Hall–Kier alpha value is -2.51. The van der Waals surface area contributed by atoms with Crippen LogP contribution in [0.1, 0.15) is 21.9 Å². The molecule has 2 unspecified atom stereocenters. The minimum atomic E-state index is -0.0211. The quantitative estimate of drug-likeness (QED) is 0.819. The topological polar surface area (TPSA) is 45.5 Å². The molecule has 1 N–H and O–H groups in total. The van der Waals surface area contributed by atoms with E-state index in [1.807, 2.05) is 35.2 Å². The summed E-state index contributed by atoms with van der Waals surface area (Å²) in [5.41, 5.74) is 0.927. The molecule has 0 saturated carbocycles. The van der Waals surface area contributed by atoms with Gasteiger partial charge in [0.05, 0.1) is 0 Å². The molecular weight excluding hydrogens is 288 g/mol. The summed E-state index contributed by atoms with van der Waals surface area (Å²) in [6.07, 6.45) is 0. The van der Waals surface area contributed by atoms with Crippen molar-refractivity contribution in [1.82, 2.24) is 10.2 Å². The van der Waals surface area contributed by atoms with Crippen LogP contribution in [0.3, 0.4) is 0 Å². The number of amides is 1. The Morgan fingerprint density at radius 3 is 2.52 bits per heavy atom. The zero-order valence-corrected chi connectivity index (χ0v) is 12.8. The molecule has 2 aliphatic heterocycles. The number of benzene rings is 1. The Balaban J connectivity index is 1.46. The fourth-order valence-electron chi connectivity index (χ4n) is 3.35. The third kappa shape index (κ3) is 2.88. The van der Waals surface area contributed by atoms with Gasteiger partial charge in [0.25, 0.3) is 5.91 Å². The normalized spacial score (nSPS) is 22.5. The molecule has 3 heterocycles. The van der Waals surface area contributed by atoms with Gasteiger partial charge in [0, 0.05) is 31.7 Å². The molecule has 116 valence electrons. The molecule has 4 rings (SSSR count). The van der Waals surface area contributed by atoms with E-state index in [0.29, 0.717) is 23.4 Å². The minimum absolute atomic E-state index is 0.0211. The Morgan fingerprint density at radius 2 is 1.78 bits per heavy atom. The van der Waals surface area contributed by atoms with Crippen molar-refractivity contribution in [3.8, 4) is 11.8 Å². The van der Waals surface area contributed by atoms with Crippen LogP contribution in [0.5, 0.6) is 0 Å². The van der Waals surface area contributed by atoms with Crippen LogP contribution in [-0.2, 0) is 0 Å². The first-order valence-electron chi connectivity index (χ1n) is 7.96. The lowest BCUT2D eigenvalue weighted by Crippen LogP contribution is -2.31. The molecule has 1 aromatic carbocycles. The van der Waals surface area contributed by atoms with Gasteiger partial charge in [-0.1, -0.05) is 24.1 Å². The number of likely N-dealkylation sites (tertiary alicyclic amines) is 1. The van der Waals surface area contributed by atoms with E-state index in [4.69, 9.17) is 4.42 Å². The van der Waals surface area contributed by atoms with E-state index < -0.39 is 0 Å². The zero-order valence-electron chi connectivity index (χ0n) is 12.8. The van der Waals surface area contributed by atoms with Gasteiger partial charge in [-0.3, -0.25) is 4.79 Å². The van der Waals surface area contributed by atoms with Gasteiger partial charge in [0.15, 0.2) is 11.5 Å². The summed E-state index contributed by atoms with van der Waals surface area (Å²) in [5.74, 6) is 8.08. The van der Waals surface area contributed by atoms with E-state index in [-0.39, 0.29) is 5.91 Å². The number of hydrogen-bond donors (Lipinski definition) is 1. The smallest absolute Gasteiger partial charge is 0.289 e. The molecule has 1 amide bonds. The Morgan fingerprint density at radius 1 is 1.04 bits per heavy atom. The highest BCUT2D eigenvalue weighted by atomic mass is 16.3. The summed E-state index contributed by atoms with van der Waals surface area (Å²) in [4.78, 5) is 14.4. The van der Waals surface area contributed by atoms with Crippen molar-refractivity contribution in [2.75, 3.05) is 26.2 Å². The Kier molecular flexibility index (Phi) is 3.64. The first-order chi connectivity index (χ1) is 11.3. The van der Waals surface area contributed by atoms with Crippen molar-refractivity contribution in [2.45, 2.75) is 0 Å². The summed E-state index contributed by atoms with van der Waals surface area (Å²) in [6, 6.07) is 13.2. The van der Waals surface area contributed by atoms with Crippen LogP contribution in [0.2, 0.25) is 0 Å². The lowest BCUT2D eigenvalue weighted by Gasteiger charge is -2.15. The zero-order chi connectivity index (χ0) is 15.6. The van der Waals surface area contributed by atoms with Gasteiger partial charge in [0.2, 0.25) is 0 Å². The van der Waals surface area contributed by atoms with Crippen LogP contribution in [0.15, 0.2) is 46.9 Å². The first kappa shape index (κ1) is 14.1. The lowest BCUT2D eigenvalue weighted by atomic mass is 10.0. The maximum Gasteiger partial charge on any atom is 0.289 e. The van der Waals surface area contributed by atoms with Crippen LogP contribution in [-0.4, -0.2) is 37.0 Å². The van der Waals surface area contributed by atoms with Crippen LogP contribution in [0.25, 0.3) is 0 Å². The van der Waals surface area contributed by atoms with Gasteiger partial charge in [-0.25, -0.2) is 0 Å². The van der Waals surface area contributed by atoms with E-state index in [2.05, 4.69) is 17.2 Å². The SMILES string of the molecule is O=C(c1ccc(C#Cc2ccccc2)o1)N1CC2CNCC2C1. The Labute approximate surface area is 135 Å². The van der Waals surface area contributed by atoms with Crippen molar-refractivity contribution in [1.29, 1.82) is 0 Å². The largest absolute Gasteiger partial charge is 0.443 e. The number of nitrogens with zero attached hydrogens (tertiary/aromatic N) is 1. The van der Waals surface area contributed by atoms with Crippen LogP contribution >= 0.6 is 0 Å². The number of carbonyl (C=O) groups is 1. The van der Waals surface area contributed by atoms with Crippen molar-refractivity contribution in [3.05, 3.63) is 59.5 Å². The second-order valence-electron chi connectivity index (χ2n) is 6.17. The molecule has 2 aliphatic rings. The number of carbonyl (C=O) groups excluding carboxylic acids is 1. The Bertz CT molecular complexity index is 757. The molecule has 0 radical (unpaired) electrons. The fraction of sp³-hybridized carbons (Fsp3) is 0.316. The molecule has 0 aliphatic carbocycles. The summed E-state index contributed by atoms with van der Waals surface area (Å²) in [7, 11) is 0. The van der Waals surface area contributed by atoms with E-state index in [1.54, 1.807) is 12.1 Å². The van der Waals surface area contributed by atoms with Crippen LogP contribution in [0.4, 0.5) is 0 Å². The average molecular weight is 306 g/mol. The molecular formula is C19H18N2O2. The predicted octanol–water partition coefficient (Wildman–Crippen LogP) is 1.97. The highest BCUT2D eigenvalue weighted by molar-refractivity contribution is 5.91. The predicted molar refractivity (Wildman–Crippen MR) is 86.9 cm³/mol. The number of hydrogen-bond acceptors (Lipinski definition) is 3. The summed E-state index contributed by atoms with van der Waals surface area (Å²) in [5, 5.41) is 3.38. The molecule has 2 aromatic rings. The number of nitrogens with one attached hydrogen (secondary N) is 1. The summed E-state index contributed by atoms with van der Waals surface area (Å²) in [6.45, 7) is 3.67. The fourth-order valence-corrected chi connectivity index (χ4v) is 3.35. The van der Waals surface area contributed by atoms with Gasteiger partial charge < -0.3 is 14.6 Å². The standard InChI is InChI=1S/C19H18N2O2/c22-19(21-12-15-10-20-11-16(15)13-21)18-9-8-17(23-18)7-6-14-4-2-1-3-5-14/h1-5,8-9,15-16,20H,10-13H2. The molecule has 2 fully saturated rings. The van der Waals surface area contributed by atoms with Gasteiger partial charge in [-0.2, -0.15) is 0 Å². The third-order valence-corrected chi connectivity index (χ3v) is 4.60. The van der Waals surface area contributed by atoms with Gasteiger partial charge in [-0.15, -0.1) is 0 Å². The number of rotatable bonds is 1. The molecule has 4 heteroatoms. The molecule has 2 atom stereocenters. The van der Waals surface area contributed by atoms with E-state index in [0.717, 1.165) is 31.7 Å². The minimum Gasteiger partial charge on any atom is -0.443 e. The maximum absolute atomic E-state index is 12.5. The summed E-state index contributed by atoms with van der Waals surface area (Å²) >= 11 is 0. The van der Waals surface area contributed by atoms with Gasteiger partial charge >= 0.3 is 0 Å². The first-order valence-corrected chi connectivity index (χ1v) is 7.96. The molecule has 1 aromatic heterocycles. The molecule has 0 bridgehead atoms. The molecule has 23 heavy (non-hydrogen) atoms. The van der Waals surface area contributed by atoms with Crippen LogP contribution in [0, 0.1) is 23.7 Å². The second-order valence-corrected chi connectivity index (χ2v) is 6.17. The van der Waals surface area contributed by atoms with Crippen molar-refractivity contribution in [3.63, 3.8) is 0 Å². The van der Waals surface area contributed by atoms with Crippen molar-refractivity contribution < 1.29 is 9.21 Å². The van der Waals surface area contributed by atoms with E-state index >= 15 is 0 Å². The second kappa shape index (κ2) is 5.94. The third-order valence-electron chi connectivity index (χ3n) is 4.60. The van der Waals surface area contributed by atoms with Crippen LogP contribution < -0.4 is 5.32 Å². The molecule has 4 nitrogen and oxygen atoms in total. The van der Waals surface area contributed by atoms with E-state index in [9.17, 15) is 4.79 Å². The monoisotopic (exact) mass is 306 g/mol. The number of fused-ring (bicyclic) bond motifs is 1. The lowest BCUT2D eigenvalue weighted by molar-refractivity contribution is 0.0749. The molecule has 0 spiro atoms. The average Bonchev–Trinajstić information content (AvgIpc) is 3.28. The van der Waals surface area contributed by atoms with E-state index in [1.165, 1.54) is 0 Å². The number of furan rings is 1. The highest BCUT2D eigenvalue weighted by Gasteiger charge is 2.38. The van der Waals surface area contributed by atoms with Gasteiger partial charge in [0.1, 0.15) is 0 Å². The highest BCUT2D eigenvalue weighted by Crippen LogP contribution is 2.27. The van der Waals surface area contributed by atoms with Crippen molar-refractivity contribution >= 4 is 5.91 Å². The maximum atomic E-state index is 12.5. The summed E-state index contributed by atoms with van der Waals surface area (Å²) < 4.78 is 5.62. The van der Waals surface area contributed by atoms with Gasteiger partial charge in [-0.05, 0) is 42.0 Å². The van der Waals surface area contributed by atoms with Crippen molar-refractivity contribution in [2.24, 2.45) is 11.8 Å².